The molecule has 4 heterocycles. The molecule has 3 aromatic heterocycles. The Morgan fingerprint density at radius 1 is 0.514 bits per heavy atom. The Kier molecular flexibility index (Phi) is 10.9. The molecule has 0 radical (unpaired) electrons. The number of ether oxygens (including phenoxy) is 1. The fourth-order valence-electron chi connectivity index (χ4n) is 11.3. The number of pyridine rings is 1. The first kappa shape index (κ1) is 45.1. The van der Waals surface area contributed by atoms with Gasteiger partial charge in [-0.25, -0.2) is 4.98 Å². The minimum absolute atomic E-state index is 0.113. The van der Waals surface area contributed by atoms with E-state index in [9.17, 15) is 0 Å². The van der Waals surface area contributed by atoms with Crippen molar-refractivity contribution in [2.75, 3.05) is 23.5 Å². The summed E-state index contributed by atoms with van der Waals surface area (Å²) < 4.78 is 11.9. The van der Waals surface area contributed by atoms with Gasteiger partial charge in [-0.15, -0.1) is 0 Å². The third kappa shape index (κ3) is 7.59. The van der Waals surface area contributed by atoms with E-state index in [4.69, 9.17) is 9.72 Å². The van der Waals surface area contributed by atoms with Crippen LogP contribution >= 0.6 is 0 Å². The van der Waals surface area contributed by atoms with Crippen molar-refractivity contribution < 1.29 is 4.74 Å². The maximum atomic E-state index is 7.07. The van der Waals surface area contributed by atoms with Crippen molar-refractivity contribution in [1.29, 1.82) is 0 Å². The van der Waals surface area contributed by atoms with Gasteiger partial charge in [0, 0.05) is 69.8 Å². The summed E-state index contributed by atoms with van der Waals surface area (Å²) in [6, 6.07) is 64.3. The van der Waals surface area contributed by atoms with E-state index < -0.39 is 0 Å². The van der Waals surface area contributed by atoms with E-state index in [2.05, 4.69) is 257 Å². The smallest absolute Gasteiger partial charge is 0.139 e. The first-order chi connectivity index (χ1) is 34.8. The molecule has 72 heavy (non-hydrogen) atoms. The van der Waals surface area contributed by atoms with Crippen LogP contribution in [0, 0.1) is 6.92 Å². The number of hydrogen-bond donors (Lipinski definition) is 0. The number of anilines is 3. The van der Waals surface area contributed by atoms with Gasteiger partial charge in [-0.1, -0.05) is 157 Å². The molecule has 6 nitrogen and oxygen atoms in total. The Labute approximate surface area is 423 Å². The molecule has 6 heteroatoms. The summed E-state index contributed by atoms with van der Waals surface area (Å²) in [6.07, 6.45) is 1.96. The third-order valence-corrected chi connectivity index (χ3v) is 14.9. The lowest BCUT2D eigenvalue weighted by Gasteiger charge is -2.26. The summed E-state index contributed by atoms with van der Waals surface area (Å²) in [6.45, 7) is 19.0. The maximum Gasteiger partial charge on any atom is 0.139 e. The molecule has 0 amide bonds. The SMILES string of the molecule is Cc1ccc2c(c1)c1ccc(Oc3cc(N4CN(C)c5cc(C(C)C)c(C(C)C)cc54)cc(C(C)(C)C)c3)cc1n2-c1cc(-n2c3c(-c4ccccc4)cccc3c3cccc(-c4ccccc4)c32)ccn1. The number of benzene rings is 8. The Hall–Kier alpha value is -8.09. The fraction of sp³-hybridized carbons (Fsp3) is 0.197. The molecule has 0 spiro atoms. The van der Waals surface area contributed by atoms with Crippen LogP contribution in [0.2, 0.25) is 0 Å². The van der Waals surface area contributed by atoms with E-state index in [1.807, 2.05) is 6.20 Å². The van der Waals surface area contributed by atoms with Gasteiger partial charge in [0.15, 0.2) is 0 Å². The zero-order chi connectivity index (χ0) is 49.6. The molecule has 356 valence electrons. The monoisotopic (exact) mass is 939 g/mol. The summed E-state index contributed by atoms with van der Waals surface area (Å²) in [4.78, 5) is 10.0. The normalized spacial score (nSPS) is 12.9. The molecular weight excluding hydrogens is 879 g/mol. The van der Waals surface area contributed by atoms with Crippen LogP contribution in [0.4, 0.5) is 17.1 Å². The van der Waals surface area contributed by atoms with Gasteiger partial charge in [0.25, 0.3) is 0 Å². The zero-order valence-electron chi connectivity index (χ0n) is 42.8. The van der Waals surface area contributed by atoms with Gasteiger partial charge >= 0.3 is 0 Å². The first-order valence-electron chi connectivity index (χ1n) is 25.5. The number of aromatic nitrogens is 3. The van der Waals surface area contributed by atoms with Crippen molar-refractivity contribution in [3.63, 3.8) is 0 Å². The van der Waals surface area contributed by atoms with Crippen LogP contribution in [0.3, 0.4) is 0 Å². The Morgan fingerprint density at radius 3 is 1.78 bits per heavy atom. The second-order valence-corrected chi connectivity index (χ2v) is 21.5. The summed E-state index contributed by atoms with van der Waals surface area (Å²) in [5, 5.41) is 4.73. The summed E-state index contributed by atoms with van der Waals surface area (Å²) in [5.41, 5.74) is 19.0. The maximum absolute atomic E-state index is 7.07. The number of hydrogen-bond acceptors (Lipinski definition) is 4. The molecule has 0 N–H and O–H groups in total. The van der Waals surface area contributed by atoms with Crippen LogP contribution in [0.5, 0.6) is 11.5 Å². The van der Waals surface area contributed by atoms with Crippen LogP contribution in [0.15, 0.2) is 182 Å². The van der Waals surface area contributed by atoms with Crippen molar-refractivity contribution in [3.05, 3.63) is 204 Å². The van der Waals surface area contributed by atoms with Crippen molar-refractivity contribution in [2.45, 2.75) is 72.6 Å². The minimum atomic E-state index is -0.113. The molecule has 0 fully saturated rings. The lowest BCUT2D eigenvalue weighted by atomic mass is 9.86. The van der Waals surface area contributed by atoms with E-state index in [-0.39, 0.29) is 5.41 Å². The van der Waals surface area contributed by atoms with Gasteiger partial charge in [-0.2, -0.15) is 0 Å². The topological polar surface area (TPSA) is 38.5 Å². The summed E-state index contributed by atoms with van der Waals surface area (Å²) in [7, 11) is 2.20. The van der Waals surface area contributed by atoms with Crippen LogP contribution in [-0.4, -0.2) is 27.8 Å². The molecule has 0 unspecified atom stereocenters. The lowest BCUT2D eigenvalue weighted by Crippen LogP contribution is -2.24. The van der Waals surface area contributed by atoms with Crippen molar-refractivity contribution in [3.8, 4) is 45.3 Å². The largest absolute Gasteiger partial charge is 0.457 e. The third-order valence-electron chi connectivity index (χ3n) is 14.9. The van der Waals surface area contributed by atoms with Crippen LogP contribution in [0.1, 0.15) is 82.6 Å². The second-order valence-electron chi connectivity index (χ2n) is 21.5. The van der Waals surface area contributed by atoms with E-state index in [1.54, 1.807) is 0 Å². The molecule has 0 atom stereocenters. The predicted octanol–water partition coefficient (Wildman–Crippen LogP) is 17.8. The van der Waals surface area contributed by atoms with Crippen LogP contribution < -0.4 is 14.5 Å². The van der Waals surface area contributed by atoms with Gasteiger partial charge in [0.1, 0.15) is 17.3 Å². The van der Waals surface area contributed by atoms with E-state index in [0.29, 0.717) is 11.8 Å². The van der Waals surface area contributed by atoms with E-state index >= 15 is 0 Å². The van der Waals surface area contributed by atoms with E-state index in [0.717, 1.165) is 62.8 Å². The summed E-state index contributed by atoms with van der Waals surface area (Å²) in [5.74, 6) is 3.26. The lowest BCUT2D eigenvalue weighted by molar-refractivity contribution is 0.479. The number of rotatable bonds is 9. The van der Waals surface area contributed by atoms with E-state index in [1.165, 1.54) is 72.0 Å². The molecule has 0 saturated carbocycles. The molecular formula is C66H61N5O. The van der Waals surface area contributed by atoms with Gasteiger partial charge in [0.05, 0.1) is 45.8 Å². The van der Waals surface area contributed by atoms with Gasteiger partial charge in [-0.05, 0) is 107 Å². The molecule has 0 saturated heterocycles. The molecule has 12 rings (SSSR count). The van der Waals surface area contributed by atoms with Crippen molar-refractivity contribution >= 4 is 60.7 Å². The fourth-order valence-corrected chi connectivity index (χ4v) is 11.3. The highest BCUT2D eigenvalue weighted by atomic mass is 16.5. The highest BCUT2D eigenvalue weighted by molar-refractivity contribution is 6.17. The van der Waals surface area contributed by atoms with Crippen molar-refractivity contribution in [2.24, 2.45) is 0 Å². The van der Waals surface area contributed by atoms with Gasteiger partial charge in [0.2, 0.25) is 0 Å². The second kappa shape index (κ2) is 17.3. The molecule has 8 aromatic carbocycles. The number of nitrogens with zero attached hydrogens (tertiary/aromatic N) is 5. The zero-order valence-corrected chi connectivity index (χ0v) is 42.8. The Morgan fingerprint density at radius 2 is 1.15 bits per heavy atom. The van der Waals surface area contributed by atoms with Gasteiger partial charge in [-0.3, -0.25) is 4.57 Å². The molecule has 1 aliphatic heterocycles. The summed E-state index contributed by atoms with van der Waals surface area (Å²) >= 11 is 0. The quantitative estimate of drug-likeness (QED) is 0.145. The Balaban J connectivity index is 1.02. The predicted molar refractivity (Wildman–Crippen MR) is 304 cm³/mol. The highest BCUT2D eigenvalue weighted by Gasteiger charge is 2.30. The van der Waals surface area contributed by atoms with Crippen LogP contribution in [-0.2, 0) is 5.41 Å². The molecule has 1 aliphatic rings. The standard InChI is InChI=1S/C66H61N5O/c1-41(2)56-38-61-62(39-57(56)42(3)4)69(40-68(61)9)48-33-46(66(6,7)8)34-50(35-48)72-49-27-28-53-58-32-43(5)26-29-59(58)71(60(53)37-49)63-36-47(30-31-67-63)70-64-51(44-18-12-10-13-19-44)22-16-24-54(64)55-25-17-23-52(65(55)70)45-20-14-11-15-21-45/h10-39,41-42H,40H2,1-9H3. The minimum Gasteiger partial charge on any atom is -0.457 e. The van der Waals surface area contributed by atoms with Crippen LogP contribution in [0.25, 0.3) is 77.4 Å². The number of para-hydroxylation sites is 2. The van der Waals surface area contributed by atoms with Gasteiger partial charge < -0.3 is 19.1 Å². The molecule has 0 bridgehead atoms. The molecule has 0 aliphatic carbocycles. The Bertz CT molecular complexity index is 3790. The first-order valence-corrected chi connectivity index (χ1v) is 25.5. The molecule has 11 aromatic rings. The number of aryl methyl sites for hydroxylation is 1. The van der Waals surface area contributed by atoms with Crippen molar-refractivity contribution in [1.82, 2.24) is 14.1 Å². The average molecular weight is 940 g/mol. The highest BCUT2D eigenvalue weighted by Crippen LogP contribution is 2.47. The average Bonchev–Trinajstić information content (AvgIpc) is 4.02. The number of fused-ring (bicyclic) bond motifs is 7.